The summed E-state index contributed by atoms with van der Waals surface area (Å²) in [6.07, 6.45) is 1.79. The van der Waals surface area contributed by atoms with Crippen molar-refractivity contribution in [3.63, 3.8) is 0 Å². The zero-order chi connectivity index (χ0) is 92.9. The average Bonchev–Trinajstić information content (AvgIpc) is 1.60. The maximum atomic E-state index is 13.1. The Morgan fingerprint density at radius 1 is 0.358 bits per heavy atom. The molecule has 0 saturated carbocycles. The van der Waals surface area contributed by atoms with Crippen LogP contribution >= 0.6 is 9.24 Å². The van der Waals surface area contributed by atoms with Crippen LogP contribution in [0.3, 0.4) is 0 Å². The molecule has 4 aromatic heterocycles. The first-order valence-corrected chi connectivity index (χ1v) is 48.0. The molecule has 0 aliphatic heterocycles. The van der Waals surface area contributed by atoms with Gasteiger partial charge in [0.1, 0.15) is 28.5 Å². The fourth-order valence-corrected chi connectivity index (χ4v) is 18.5. The minimum Gasteiger partial charge on any atom is -0.616 e. The Labute approximate surface area is 823 Å². The van der Waals surface area contributed by atoms with Gasteiger partial charge in [-0.2, -0.15) is 0 Å². The molecule has 0 saturated heterocycles. The van der Waals surface area contributed by atoms with Gasteiger partial charge in [-0.05, 0) is 265 Å². The van der Waals surface area contributed by atoms with E-state index in [1.807, 2.05) is 172 Å². The Morgan fingerprint density at radius 2 is 0.723 bits per heavy atom. The number of benzene rings is 18. The molecule has 0 N–H and O–H groups in total. The Balaban J connectivity index is 0.000000139. The molecule has 4 heterocycles. The van der Waals surface area contributed by atoms with Gasteiger partial charge in [-0.15, -0.1) is 45.1 Å². The second kappa shape index (κ2) is 44.6. The Morgan fingerprint density at radius 3 is 1.15 bits per heavy atom. The van der Waals surface area contributed by atoms with E-state index in [0.29, 0.717) is 17.6 Å². The van der Waals surface area contributed by atoms with Gasteiger partial charge < -0.3 is 41.0 Å². The van der Waals surface area contributed by atoms with E-state index < -0.39 is 25.7 Å². The number of pyridine rings is 2. The van der Waals surface area contributed by atoms with Crippen LogP contribution in [0.4, 0.5) is 34.1 Å². The minimum absolute atomic E-state index is 0. The van der Waals surface area contributed by atoms with Crippen molar-refractivity contribution in [3.8, 4) is 84.8 Å². The van der Waals surface area contributed by atoms with Gasteiger partial charge in [-0.1, -0.05) is 254 Å². The zero-order valence-corrected chi connectivity index (χ0v) is 81.0. The summed E-state index contributed by atoms with van der Waals surface area (Å²) in [4.78, 5) is 13.7. The fraction of sp³-hybridized carbons (Fsp3) is 0.0333. The van der Waals surface area contributed by atoms with Gasteiger partial charge in [0, 0.05) is 104 Å². The number of aromatic nitrogens is 4. The van der Waals surface area contributed by atoms with Crippen LogP contribution in [-0.4, -0.2) is 64.4 Å². The molecule has 0 fully saturated rings. The zero-order valence-electron chi connectivity index (χ0n) is 75.5. The molecule has 0 aliphatic carbocycles. The van der Waals surface area contributed by atoms with Crippen LogP contribution in [0, 0.1) is 19.9 Å². The van der Waals surface area contributed by atoms with E-state index in [1.54, 1.807) is 61.8 Å². The molecule has 666 valence electrons. The Hall–Kier alpha value is -15.5. The topological polar surface area (TPSA) is 113 Å². The molecule has 0 aliphatic rings. The van der Waals surface area contributed by atoms with Crippen molar-refractivity contribution in [3.05, 3.63) is 503 Å². The number of nitrogens with zero attached hydrogens (tertiary/aromatic N) is 6. The number of hydrogen-bond acceptors (Lipinski definition) is 10. The third-order valence-electron chi connectivity index (χ3n) is 23.3. The minimum atomic E-state index is -3.63. The molecule has 0 bridgehead atoms. The van der Waals surface area contributed by atoms with Crippen molar-refractivity contribution in [1.29, 1.82) is 0 Å². The third-order valence-corrected chi connectivity index (χ3v) is 25.8. The summed E-state index contributed by atoms with van der Waals surface area (Å²) in [7, 11) is 5.20. The van der Waals surface area contributed by atoms with Gasteiger partial charge in [0.2, 0.25) is 9.84 Å². The molecule has 137 heavy (non-hydrogen) atoms. The molecule has 22 rings (SSSR count). The summed E-state index contributed by atoms with van der Waals surface area (Å²) in [5, 5.41) is 6.21. The predicted molar refractivity (Wildman–Crippen MR) is 566 cm³/mol. The number of methoxy groups -OCH3 is 1. The maximum absolute atomic E-state index is 13.1. The van der Waals surface area contributed by atoms with Gasteiger partial charge in [0.15, 0.2) is 0 Å². The number of sulfone groups is 1. The van der Waals surface area contributed by atoms with Crippen LogP contribution in [0.15, 0.2) is 495 Å². The van der Waals surface area contributed by atoms with Crippen molar-refractivity contribution in [1.82, 2.24) is 19.1 Å². The standard InChI is InChI=1S/C50H40N2O4S.C36H24N2.C12H10O.C11H8N.C10H9NO.CH4BP.Al.Ir/c1-37-13-33-49(34-14-37)57(53,54)50-35-31-48(32-36-50)56-47-29-25-45(26-30-47)52(44-23-27-46(55-2)28-24-44)43-21-17-39(18-22-43)38-15-19-42(20-16-38)51(40-9-5-3-6-10-40)41-11-7-4-8-12-41;1-5-13-33-29(9-1)30-10-2-6-14-34(30)37(33)27-21-17-25(18-22-27)26-19-23-28(24-20-26)38-35-15-7-3-11-31(35)32-12-4-8-16-36(32)38;13-12-8-6-11(7-9-12)10-4-2-1-3-5-10;1-2-6-10(7-3-1)11-8-4-5-9-12-11;1-7-5-6-8-3-2-4-9(12)10(8)11-7;2-1-3;;/h3-36H,1-2H3;1-24H;1-9,13H;1-6,8-9H;2-6,12H,1H3;1,3H2;;/q;;;-1;;;+2;/p-2. The van der Waals surface area contributed by atoms with E-state index in [-0.39, 0.29) is 29.9 Å². The monoisotopic (exact) mass is 2010 g/mol. The number of ether oxygens (including phenoxy) is 2. The second-order valence-corrected chi connectivity index (χ2v) is 35.2. The number of para-hydroxylation sites is 7. The molecule has 12 nitrogen and oxygen atoms in total. The quantitative estimate of drug-likeness (QED) is 0.0391. The summed E-state index contributed by atoms with van der Waals surface area (Å²) >= 11 is -0.665. The molecule has 22 aromatic rings. The number of anilines is 6. The van der Waals surface area contributed by atoms with Crippen LogP contribution in [0.1, 0.15) is 11.3 Å². The van der Waals surface area contributed by atoms with Crippen molar-refractivity contribution in [2.75, 3.05) is 23.0 Å². The van der Waals surface area contributed by atoms with Gasteiger partial charge in [-0.25, -0.2) is 13.4 Å². The molecule has 1 atom stereocenters. The van der Waals surface area contributed by atoms with Crippen molar-refractivity contribution >= 4 is 131 Å². The Kier molecular flexibility index (Phi) is 30.4. The van der Waals surface area contributed by atoms with E-state index in [4.69, 9.17) is 24.9 Å². The normalized spacial score (nSPS) is 10.8. The predicted octanol–water partition coefficient (Wildman–Crippen LogP) is 30.5. The molecule has 1 unspecified atom stereocenters. The second-order valence-electron chi connectivity index (χ2n) is 32.1. The van der Waals surface area contributed by atoms with E-state index in [1.165, 1.54) is 77.2 Å². The van der Waals surface area contributed by atoms with Gasteiger partial charge in [0.25, 0.3) is 0 Å². The SMILES string of the molecule is COc1ccc(N(c2ccc(Oc3ccc(S(=O)(=O)c4ccc(C)cc4)cc3)cc2)c2ccc(-c3ccc(N(c4ccccc4)c4ccccc4)cc3)cc2)cc1.Cc1ccc2cccc([O][Al][O]c3ccc(-c4ccccc4)cc3)c2n1.[B]CP.[Ir].[c-]1ccccc1-c1ccccn1.c1ccc2c(c1)c1ccccc1n2-c1ccc(-c2ccc(-n3c4ccccc4c4ccccc43)cc2)cc1. The number of hydrogen-bond donors (Lipinski definition) is 0. The Bertz CT molecular complexity index is 7510. The van der Waals surface area contributed by atoms with Crippen LogP contribution in [0.2, 0.25) is 0 Å². The molecule has 4 radical (unpaired) electrons. The van der Waals surface area contributed by atoms with E-state index in [9.17, 15) is 8.42 Å². The van der Waals surface area contributed by atoms with Crippen molar-refractivity contribution in [2.24, 2.45) is 0 Å². The van der Waals surface area contributed by atoms with E-state index >= 15 is 0 Å². The van der Waals surface area contributed by atoms with Crippen LogP contribution < -0.4 is 26.9 Å². The molecule has 0 spiro atoms. The van der Waals surface area contributed by atoms with Crippen LogP contribution in [0.25, 0.3) is 111 Å². The summed E-state index contributed by atoms with van der Waals surface area (Å²) in [6, 6.07) is 165. The summed E-state index contributed by atoms with van der Waals surface area (Å²) < 4.78 is 54.3. The maximum Gasteiger partial charge on any atom is 0.881 e. The van der Waals surface area contributed by atoms with E-state index in [2.05, 4.69) is 317 Å². The first kappa shape index (κ1) is 93.4. The summed E-state index contributed by atoms with van der Waals surface area (Å²) in [6.45, 7) is 3.91. The number of rotatable bonds is 21. The molecular weight excluding hydrogens is 1910 g/mol. The number of aryl methyl sites for hydroxylation is 2. The molecule has 0 amide bonds. The first-order valence-electron chi connectivity index (χ1n) is 44.8. The van der Waals surface area contributed by atoms with Crippen LogP contribution in [-0.2, 0) is 29.9 Å². The summed E-state index contributed by atoms with van der Waals surface area (Å²) in [5.41, 5.74) is 25.3. The fourth-order valence-electron chi connectivity index (χ4n) is 16.6. The first-order chi connectivity index (χ1) is 66.9. The van der Waals surface area contributed by atoms with Crippen molar-refractivity contribution in [2.45, 2.75) is 23.6 Å². The average molecular weight is 2010 g/mol. The third kappa shape index (κ3) is 22.0. The van der Waals surface area contributed by atoms with Gasteiger partial charge in [0.05, 0.1) is 52.6 Å². The van der Waals surface area contributed by atoms with Gasteiger partial charge >= 0.3 is 15.9 Å². The summed E-state index contributed by atoms with van der Waals surface area (Å²) in [5.74, 6) is 3.51. The number of fused-ring (bicyclic) bond motifs is 7. The molecule has 17 heteroatoms. The van der Waals surface area contributed by atoms with E-state index in [0.717, 1.165) is 95.9 Å². The molecule has 18 aromatic carbocycles. The molecular formula is C120H93AlBIrN6O6PS-. The van der Waals surface area contributed by atoms with Crippen molar-refractivity contribution < 1.29 is 45.6 Å². The smallest absolute Gasteiger partial charge is 0.616 e. The van der Waals surface area contributed by atoms with Gasteiger partial charge in [-0.3, -0.25) is 0 Å². The van der Waals surface area contributed by atoms with Crippen LogP contribution in [0.5, 0.6) is 28.7 Å². The largest absolute Gasteiger partial charge is 0.881 e.